The van der Waals surface area contributed by atoms with E-state index in [1.54, 1.807) is 54.7 Å². The number of carbonyl (C=O) groups is 1. The van der Waals surface area contributed by atoms with Crippen LogP contribution in [0, 0.1) is 13.8 Å². The van der Waals surface area contributed by atoms with Crippen molar-refractivity contribution >= 4 is 23.7 Å². The van der Waals surface area contributed by atoms with Gasteiger partial charge in [-0.05, 0) is 43.2 Å². The average molecular weight is 458 g/mol. The lowest BCUT2D eigenvalue weighted by molar-refractivity contribution is -0.136. The summed E-state index contributed by atoms with van der Waals surface area (Å²) in [5.41, 5.74) is 5.18. The fourth-order valence-corrected chi connectivity index (χ4v) is 4.17. The molecule has 0 atom stereocenters. The Bertz CT molecular complexity index is 1260. The molecule has 6 heteroatoms. The number of benzene rings is 3. The SMILES string of the molecule is Cc1cc(/C=N/NC(=O)C(O)(c2ccccc2)c2ccccc2)c(C)n1-c1ccccc1Cl. The second kappa shape index (κ2) is 9.45. The zero-order chi connectivity index (χ0) is 23.4. The standard InChI is InChI=1S/C27H24ClN3O2/c1-19-17-21(20(2)31(19)25-16-10-9-15-24(25)28)18-29-30-26(32)27(33,22-11-5-3-6-12-22)23-13-7-4-8-14-23/h3-18,33H,1-2H3,(H,30,32)/b29-18+. The molecule has 3 aromatic carbocycles. The van der Waals surface area contributed by atoms with E-state index in [2.05, 4.69) is 10.5 Å². The summed E-state index contributed by atoms with van der Waals surface area (Å²) >= 11 is 6.39. The minimum absolute atomic E-state index is 0.459. The molecule has 4 rings (SSSR count). The highest BCUT2D eigenvalue weighted by Gasteiger charge is 2.39. The van der Waals surface area contributed by atoms with Crippen LogP contribution < -0.4 is 5.43 Å². The number of carbonyl (C=O) groups excluding carboxylic acids is 1. The number of aromatic nitrogens is 1. The number of aliphatic hydroxyl groups is 1. The minimum Gasteiger partial charge on any atom is -0.372 e. The Morgan fingerprint density at radius 2 is 1.48 bits per heavy atom. The molecule has 0 unspecified atom stereocenters. The van der Waals surface area contributed by atoms with Crippen LogP contribution in [0.15, 0.2) is 96.1 Å². The number of para-hydroxylation sites is 1. The number of nitrogens with zero attached hydrogens (tertiary/aromatic N) is 2. The fourth-order valence-electron chi connectivity index (χ4n) is 3.95. The molecule has 2 N–H and O–H groups in total. The molecule has 0 fully saturated rings. The van der Waals surface area contributed by atoms with Crippen LogP contribution in [-0.2, 0) is 10.4 Å². The summed E-state index contributed by atoms with van der Waals surface area (Å²) in [7, 11) is 0. The van der Waals surface area contributed by atoms with Gasteiger partial charge in [0, 0.05) is 17.0 Å². The first-order valence-corrected chi connectivity index (χ1v) is 10.9. The van der Waals surface area contributed by atoms with Crippen molar-refractivity contribution in [2.75, 3.05) is 0 Å². The zero-order valence-corrected chi connectivity index (χ0v) is 19.1. The maximum Gasteiger partial charge on any atom is 0.281 e. The van der Waals surface area contributed by atoms with E-state index in [-0.39, 0.29) is 0 Å². The lowest BCUT2D eigenvalue weighted by Crippen LogP contribution is -2.43. The molecule has 1 aromatic heterocycles. The van der Waals surface area contributed by atoms with Crippen LogP contribution >= 0.6 is 11.6 Å². The van der Waals surface area contributed by atoms with Crippen molar-refractivity contribution in [2.24, 2.45) is 5.10 Å². The Morgan fingerprint density at radius 1 is 0.939 bits per heavy atom. The van der Waals surface area contributed by atoms with Crippen LogP contribution in [0.1, 0.15) is 28.1 Å². The molecule has 33 heavy (non-hydrogen) atoms. The third-order valence-corrected chi connectivity index (χ3v) is 5.96. The van der Waals surface area contributed by atoms with Crippen molar-refractivity contribution in [1.82, 2.24) is 9.99 Å². The molecule has 0 aliphatic rings. The van der Waals surface area contributed by atoms with Gasteiger partial charge in [0.15, 0.2) is 5.60 Å². The lowest BCUT2D eigenvalue weighted by atomic mass is 9.85. The number of amides is 1. The Labute approximate surface area is 198 Å². The van der Waals surface area contributed by atoms with E-state index in [1.807, 2.05) is 60.9 Å². The van der Waals surface area contributed by atoms with Crippen molar-refractivity contribution in [3.05, 3.63) is 124 Å². The van der Waals surface area contributed by atoms with E-state index < -0.39 is 11.5 Å². The van der Waals surface area contributed by atoms with Gasteiger partial charge in [-0.1, -0.05) is 84.4 Å². The van der Waals surface area contributed by atoms with Crippen LogP contribution in [-0.4, -0.2) is 21.8 Å². The average Bonchev–Trinajstić information content (AvgIpc) is 3.12. The Balaban J connectivity index is 1.62. The molecule has 0 spiro atoms. The van der Waals surface area contributed by atoms with Gasteiger partial charge in [0.1, 0.15) is 0 Å². The van der Waals surface area contributed by atoms with Crippen LogP contribution in [0.3, 0.4) is 0 Å². The molecule has 0 radical (unpaired) electrons. The fraction of sp³-hybridized carbons (Fsp3) is 0.111. The monoisotopic (exact) mass is 457 g/mol. The highest BCUT2D eigenvalue weighted by atomic mass is 35.5. The predicted octanol–water partition coefficient (Wildman–Crippen LogP) is 5.13. The first-order chi connectivity index (χ1) is 15.9. The third kappa shape index (κ3) is 4.33. The smallest absolute Gasteiger partial charge is 0.281 e. The summed E-state index contributed by atoms with van der Waals surface area (Å²) in [4.78, 5) is 13.2. The Morgan fingerprint density at radius 3 is 2.06 bits per heavy atom. The molecule has 0 saturated carbocycles. The molecule has 0 aliphatic heterocycles. The molecule has 166 valence electrons. The predicted molar refractivity (Wildman–Crippen MR) is 132 cm³/mol. The second-order valence-electron chi connectivity index (χ2n) is 7.75. The lowest BCUT2D eigenvalue weighted by Gasteiger charge is -2.27. The third-order valence-electron chi connectivity index (χ3n) is 5.65. The van der Waals surface area contributed by atoms with Gasteiger partial charge in [0.05, 0.1) is 16.9 Å². The van der Waals surface area contributed by atoms with Crippen molar-refractivity contribution in [1.29, 1.82) is 0 Å². The van der Waals surface area contributed by atoms with E-state index in [0.717, 1.165) is 22.6 Å². The Kier molecular flexibility index (Phi) is 6.45. The number of halogens is 1. The van der Waals surface area contributed by atoms with Crippen molar-refractivity contribution in [3.63, 3.8) is 0 Å². The summed E-state index contributed by atoms with van der Waals surface area (Å²) in [6.45, 7) is 3.94. The van der Waals surface area contributed by atoms with Gasteiger partial charge in [-0.3, -0.25) is 4.79 Å². The van der Waals surface area contributed by atoms with Crippen molar-refractivity contribution in [3.8, 4) is 5.69 Å². The molecular weight excluding hydrogens is 434 g/mol. The van der Waals surface area contributed by atoms with Gasteiger partial charge < -0.3 is 9.67 Å². The largest absolute Gasteiger partial charge is 0.372 e. The normalized spacial score (nSPS) is 11.6. The summed E-state index contributed by atoms with van der Waals surface area (Å²) in [5, 5.41) is 16.3. The minimum atomic E-state index is -1.88. The number of hydrogen-bond acceptors (Lipinski definition) is 3. The van der Waals surface area contributed by atoms with Crippen LogP contribution in [0.4, 0.5) is 0 Å². The molecule has 0 aliphatic carbocycles. The van der Waals surface area contributed by atoms with Gasteiger partial charge in [-0.2, -0.15) is 5.10 Å². The maximum absolute atomic E-state index is 13.2. The molecule has 1 amide bonds. The highest BCUT2D eigenvalue weighted by Crippen LogP contribution is 2.30. The number of aryl methyl sites for hydroxylation is 1. The van der Waals surface area contributed by atoms with Gasteiger partial charge in [0.25, 0.3) is 5.91 Å². The number of hydrazone groups is 1. The van der Waals surface area contributed by atoms with E-state index >= 15 is 0 Å². The first kappa shape index (κ1) is 22.5. The Hall–Kier alpha value is -3.67. The molecule has 5 nitrogen and oxygen atoms in total. The first-order valence-electron chi connectivity index (χ1n) is 10.5. The van der Waals surface area contributed by atoms with E-state index in [1.165, 1.54) is 0 Å². The quantitative estimate of drug-likeness (QED) is 0.311. The summed E-state index contributed by atoms with van der Waals surface area (Å²) in [5.74, 6) is -0.643. The summed E-state index contributed by atoms with van der Waals surface area (Å²) in [6, 6.07) is 27.2. The summed E-state index contributed by atoms with van der Waals surface area (Å²) < 4.78 is 2.04. The zero-order valence-electron chi connectivity index (χ0n) is 18.4. The van der Waals surface area contributed by atoms with Crippen molar-refractivity contribution in [2.45, 2.75) is 19.4 Å². The molecule has 4 aromatic rings. The van der Waals surface area contributed by atoms with Crippen LogP contribution in [0.25, 0.3) is 5.69 Å². The second-order valence-corrected chi connectivity index (χ2v) is 8.16. The van der Waals surface area contributed by atoms with E-state index in [4.69, 9.17) is 11.6 Å². The molecular formula is C27H24ClN3O2. The van der Waals surface area contributed by atoms with Gasteiger partial charge in [0.2, 0.25) is 0 Å². The van der Waals surface area contributed by atoms with Crippen LogP contribution in [0.2, 0.25) is 5.02 Å². The molecule has 0 bridgehead atoms. The van der Waals surface area contributed by atoms with E-state index in [0.29, 0.717) is 16.1 Å². The van der Waals surface area contributed by atoms with Gasteiger partial charge in [-0.15, -0.1) is 0 Å². The maximum atomic E-state index is 13.2. The number of rotatable bonds is 6. The van der Waals surface area contributed by atoms with Gasteiger partial charge >= 0.3 is 0 Å². The topological polar surface area (TPSA) is 66.6 Å². The molecule has 1 heterocycles. The molecule has 0 saturated heterocycles. The number of nitrogens with one attached hydrogen (secondary N) is 1. The van der Waals surface area contributed by atoms with Crippen LogP contribution in [0.5, 0.6) is 0 Å². The number of hydrogen-bond donors (Lipinski definition) is 2. The van der Waals surface area contributed by atoms with E-state index in [9.17, 15) is 9.90 Å². The summed E-state index contributed by atoms with van der Waals surface area (Å²) in [6.07, 6.45) is 1.57. The highest BCUT2D eigenvalue weighted by molar-refractivity contribution is 6.32. The van der Waals surface area contributed by atoms with Crippen molar-refractivity contribution < 1.29 is 9.90 Å². The van der Waals surface area contributed by atoms with Gasteiger partial charge in [-0.25, -0.2) is 5.43 Å².